The molecule has 0 spiro atoms. The highest BCUT2D eigenvalue weighted by Gasteiger charge is 2.19. The number of fused-ring (bicyclic) bond motifs is 1. The van der Waals surface area contributed by atoms with Crippen LogP contribution in [-0.2, 0) is 11.3 Å². The van der Waals surface area contributed by atoms with Crippen molar-refractivity contribution in [3.05, 3.63) is 93.4 Å². The van der Waals surface area contributed by atoms with E-state index in [4.69, 9.17) is 21.1 Å². The first-order chi connectivity index (χ1) is 17.4. The summed E-state index contributed by atoms with van der Waals surface area (Å²) < 4.78 is 11.6. The minimum absolute atomic E-state index is 0.0123. The van der Waals surface area contributed by atoms with E-state index in [0.29, 0.717) is 27.6 Å². The van der Waals surface area contributed by atoms with Crippen LogP contribution in [0.4, 0.5) is 0 Å². The normalized spacial score (nSPS) is 10.6. The first kappa shape index (κ1) is 24.7. The number of amides is 2. The van der Waals surface area contributed by atoms with Crippen LogP contribution < -0.4 is 25.7 Å². The third-order valence-electron chi connectivity index (χ3n) is 5.43. The molecule has 0 aliphatic rings. The van der Waals surface area contributed by atoms with Crippen molar-refractivity contribution >= 4 is 34.2 Å². The topological polar surface area (TPSA) is 112 Å². The zero-order valence-electron chi connectivity index (χ0n) is 19.6. The van der Waals surface area contributed by atoms with Crippen LogP contribution >= 0.6 is 11.6 Å². The molecule has 0 radical (unpaired) electrons. The SMILES string of the molecule is COc1cc(Cl)cc(-n2nc(C(=O)NCC(=O)NCc3ccccc3OC)c3ccccc3c2=O)c1. The molecule has 3 aromatic carbocycles. The van der Waals surface area contributed by atoms with E-state index in [0.717, 1.165) is 10.2 Å². The fraction of sp³-hybridized carbons (Fsp3) is 0.154. The van der Waals surface area contributed by atoms with Crippen LogP contribution in [0.15, 0.2) is 71.5 Å². The second kappa shape index (κ2) is 10.9. The van der Waals surface area contributed by atoms with Crippen molar-refractivity contribution in [1.29, 1.82) is 0 Å². The molecule has 4 rings (SSSR count). The fourth-order valence-corrected chi connectivity index (χ4v) is 3.89. The average Bonchev–Trinajstić information content (AvgIpc) is 2.90. The lowest BCUT2D eigenvalue weighted by Gasteiger charge is -2.13. The molecule has 4 aromatic rings. The Labute approximate surface area is 211 Å². The maximum Gasteiger partial charge on any atom is 0.279 e. The third-order valence-corrected chi connectivity index (χ3v) is 5.65. The molecule has 0 saturated heterocycles. The number of methoxy groups -OCH3 is 2. The molecule has 36 heavy (non-hydrogen) atoms. The summed E-state index contributed by atoms with van der Waals surface area (Å²) in [5.74, 6) is 0.0716. The lowest BCUT2D eigenvalue weighted by Crippen LogP contribution is -2.38. The van der Waals surface area contributed by atoms with E-state index in [2.05, 4.69) is 15.7 Å². The Hall–Kier alpha value is -4.37. The Bertz CT molecular complexity index is 1500. The molecule has 2 N–H and O–H groups in total. The van der Waals surface area contributed by atoms with Gasteiger partial charge < -0.3 is 20.1 Å². The number of hydrogen-bond donors (Lipinski definition) is 2. The van der Waals surface area contributed by atoms with Crippen LogP contribution in [0.5, 0.6) is 11.5 Å². The van der Waals surface area contributed by atoms with E-state index in [-0.39, 0.29) is 24.2 Å². The summed E-state index contributed by atoms with van der Waals surface area (Å²) in [6.45, 7) is -0.0462. The molecular formula is C26H23ClN4O5. The van der Waals surface area contributed by atoms with Crippen molar-refractivity contribution in [3.8, 4) is 17.2 Å². The van der Waals surface area contributed by atoms with Crippen molar-refractivity contribution in [2.45, 2.75) is 6.54 Å². The largest absolute Gasteiger partial charge is 0.497 e. The van der Waals surface area contributed by atoms with Crippen molar-refractivity contribution in [2.75, 3.05) is 20.8 Å². The van der Waals surface area contributed by atoms with Crippen molar-refractivity contribution in [2.24, 2.45) is 0 Å². The van der Waals surface area contributed by atoms with Gasteiger partial charge in [-0.2, -0.15) is 9.78 Å². The Kier molecular flexibility index (Phi) is 7.50. The fourth-order valence-electron chi connectivity index (χ4n) is 3.67. The molecule has 0 fully saturated rings. The van der Waals surface area contributed by atoms with Gasteiger partial charge in [0.1, 0.15) is 11.5 Å². The van der Waals surface area contributed by atoms with Gasteiger partial charge >= 0.3 is 0 Å². The van der Waals surface area contributed by atoms with E-state index < -0.39 is 17.4 Å². The van der Waals surface area contributed by atoms with E-state index in [1.165, 1.54) is 7.11 Å². The predicted molar refractivity (Wildman–Crippen MR) is 136 cm³/mol. The van der Waals surface area contributed by atoms with E-state index >= 15 is 0 Å². The van der Waals surface area contributed by atoms with Crippen molar-refractivity contribution < 1.29 is 19.1 Å². The number of hydrogen-bond acceptors (Lipinski definition) is 6. The summed E-state index contributed by atoms with van der Waals surface area (Å²) in [5, 5.41) is 10.6. The highest BCUT2D eigenvalue weighted by molar-refractivity contribution is 6.30. The van der Waals surface area contributed by atoms with Gasteiger partial charge in [-0.15, -0.1) is 0 Å². The van der Waals surface area contributed by atoms with Gasteiger partial charge in [-0.05, 0) is 24.3 Å². The summed E-state index contributed by atoms with van der Waals surface area (Å²) in [5.41, 5.74) is 0.692. The highest BCUT2D eigenvalue weighted by Crippen LogP contribution is 2.23. The maximum atomic E-state index is 13.2. The zero-order valence-corrected chi connectivity index (χ0v) is 20.3. The quantitative estimate of drug-likeness (QED) is 0.380. The number of rotatable bonds is 8. The van der Waals surface area contributed by atoms with Crippen LogP contribution in [0.3, 0.4) is 0 Å². The number of benzene rings is 3. The van der Waals surface area contributed by atoms with Gasteiger partial charge in [-0.25, -0.2) is 0 Å². The highest BCUT2D eigenvalue weighted by atomic mass is 35.5. The Morgan fingerprint density at radius 1 is 0.944 bits per heavy atom. The van der Waals surface area contributed by atoms with E-state index in [1.807, 2.05) is 18.2 Å². The summed E-state index contributed by atoms with van der Waals surface area (Å²) in [6.07, 6.45) is 0. The number of ether oxygens (including phenoxy) is 2. The predicted octanol–water partition coefficient (Wildman–Crippen LogP) is 3.10. The Morgan fingerprint density at radius 2 is 1.67 bits per heavy atom. The van der Waals surface area contributed by atoms with Crippen molar-refractivity contribution in [3.63, 3.8) is 0 Å². The number of nitrogens with zero attached hydrogens (tertiary/aromatic N) is 2. The first-order valence-corrected chi connectivity index (χ1v) is 11.3. The molecule has 1 heterocycles. The summed E-state index contributed by atoms with van der Waals surface area (Å²) >= 11 is 6.17. The zero-order chi connectivity index (χ0) is 25.7. The molecule has 0 aliphatic carbocycles. The standard InChI is InChI=1S/C26H23ClN4O5/c1-35-19-12-17(27)11-18(13-19)31-26(34)21-9-5-4-8-20(21)24(30-31)25(33)29-15-23(32)28-14-16-7-3-6-10-22(16)36-2/h3-13H,14-15H2,1-2H3,(H,28,32)(H,29,33). The number of carbonyl (C=O) groups excluding carboxylic acids is 2. The monoisotopic (exact) mass is 506 g/mol. The van der Waals surface area contributed by atoms with Crippen LogP contribution in [0.25, 0.3) is 16.5 Å². The minimum Gasteiger partial charge on any atom is -0.497 e. The second-order valence-electron chi connectivity index (χ2n) is 7.73. The molecule has 1 aromatic heterocycles. The van der Waals surface area contributed by atoms with Gasteiger partial charge in [-0.3, -0.25) is 14.4 Å². The van der Waals surface area contributed by atoms with Gasteiger partial charge in [0.15, 0.2) is 5.69 Å². The minimum atomic E-state index is -0.610. The van der Waals surface area contributed by atoms with Gasteiger partial charge in [0, 0.05) is 28.6 Å². The molecule has 9 nitrogen and oxygen atoms in total. The second-order valence-corrected chi connectivity index (χ2v) is 8.17. The summed E-state index contributed by atoms with van der Waals surface area (Å²) in [7, 11) is 3.03. The lowest BCUT2D eigenvalue weighted by molar-refractivity contribution is -0.120. The Morgan fingerprint density at radius 3 is 2.42 bits per heavy atom. The first-order valence-electron chi connectivity index (χ1n) is 10.9. The van der Waals surface area contributed by atoms with E-state index in [1.54, 1.807) is 55.6 Å². The van der Waals surface area contributed by atoms with Gasteiger partial charge in [0.2, 0.25) is 5.91 Å². The summed E-state index contributed by atoms with van der Waals surface area (Å²) in [4.78, 5) is 38.6. The molecule has 0 aliphatic heterocycles. The molecular weight excluding hydrogens is 484 g/mol. The van der Waals surface area contributed by atoms with Crippen LogP contribution in [-0.4, -0.2) is 42.4 Å². The van der Waals surface area contributed by atoms with Crippen LogP contribution in [0.2, 0.25) is 5.02 Å². The lowest BCUT2D eigenvalue weighted by atomic mass is 10.1. The Balaban J connectivity index is 1.58. The molecule has 2 amide bonds. The molecule has 0 bridgehead atoms. The number of nitrogens with one attached hydrogen (secondary N) is 2. The number of halogens is 1. The average molecular weight is 507 g/mol. The van der Waals surface area contributed by atoms with Gasteiger partial charge in [0.25, 0.3) is 11.5 Å². The van der Waals surface area contributed by atoms with Crippen LogP contribution in [0.1, 0.15) is 16.1 Å². The number of aromatic nitrogens is 2. The van der Waals surface area contributed by atoms with Gasteiger partial charge in [0.05, 0.1) is 31.8 Å². The van der Waals surface area contributed by atoms with Gasteiger partial charge in [-0.1, -0.05) is 48.0 Å². The smallest absolute Gasteiger partial charge is 0.279 e. The van der Waals surface area contributed by atoms with E-state index in [9.17, 15) is 14.4 Å². The van der Waals surface area contributed by atoms with Crippen molar-refractivity contribution in [1.82, 2.24) is 20.4 Å². The maximum absolute atomic E-state index is 13.2. The molecule has 0 unspecified atom stereocenters. The number of carbonyl (C=O) groups is 2. The third kappa shape index (κ3) is 5.31. The molecule has 184 valence electrons. The molecule has 10 heteroatoms. The number of para-hydroxylation sites is 1. The van der Waals surface area contributed by atoms with Crippen LogP contribution in [0, 0.1) is 0 Å². The summed E-state index contributed by atoms with van der Waals surface area (Å²) in [6, 6.07) is 18.7. The molecule has 0 saturated carbocycles. The molecule has 0 atom stereocenters.